The maximum Gasteiger partial charge on any atom is 0.328 e. The van der Waals surface area contributed by atoms with Crippen molar-refractivity contribution in [2.75, 3.05) is 7.11 Å². The third-order valence-electron chi connectivity index (χ3n) is 3.47. The number of carbonyl (C=O) groups excluding carboxylic acids is 3. The lowest BCUT2D eigenvalue weighted by Gasteiger charge is -2.19. The van der Waals surface area contributed by atoms with Crippen LogP contribution < -0.4 is 10.6 Å². The Kier molecular flexibility index (Phi) is 5.38. The minimum atomic E-state index is -0.809. The molecule has 1 fully saturated rings. The summed E-state index contributed by atoms with van der Waals surface area (Å²) in [5, 5.41) is 5.79. The van der Waals surface area contributed by atoms with E-state index in [-0.39, 0.29) is 18.2 Å². The topological polar surface area (TPSA) is 84.5 Å². The molecule has 6 nitrogen and oxygen atoms in total. The first kappa shape index (κ1) is 16.3. The quantitative estimate of drug-likeness (QED) is 0.785. The molecular weight excluding hydrogens is 308 g/mol. The fourth-order valence-corrected chi connectivity index (χ4v) is 2.40. The van der Waals surface area contributed by atoms with E-state index in [1.807, 2.05) is 0 Å². The van der Waals surface area contributed by atoms with E-state index in [0.717, 1.165) is 5.56 Å². The second-order valence-corrected chi connectivity index (χ2v) is 5.51. The number of rotatable bonds is 5. The molecule has 2 atom stereocenters. The SMILES string of the molecule is COC(=O)[C@H](Cc1ccc(Cl)cc1)NC(=O)[C@H]1CCC(=O)N1. The summed E-state index contributed by atoms with van der Waals surface area (Å²) in [7, 11) is 1.26. The molecule has 1 aromatic carbocycles. The average molecular weight is 325 g/mol. The first-order chi connectivity index (χ1) is 10.5. The van der Waals surface area contributed by atoms with Gasteiger partial charge in [0.25, 0.3) is 0 Å². The van der Waals surface area contributed by atoms with Crippen molar-refractivity contribution in [3.63, 3.8) is 0 Å². The van der Waals surface area contributed by atoms with E-state index in [2.05, 4.69) is 10.6 Å². The predicted octanol–water partition coefficient (Wildman–Crippen LogP) is 0.819. The fraction of sp³-hybridized carbons (Fsp3) is 0.400. The number of hydrogen-bond donors (Lipinski definition) is 2. The van der Waals surface area contributed by atoms with Crippen LogP contribution >= 0.6 is 11.6 Å². The molecule has 0 bridgehead atoms. The van der Waals surface area contributed by atoms with E-state index in [0.29, 0.717) is 17.9 Å². The molecule has 2 rings (SSSR count). The van der Waals surface area contributed by atoms with Crippen LogP contribution in [0.3, 0.4) is 0 Å². The second kappa shape index (κ2) is 7.26. The molecule has 0 spiro atoms. The second-order valence-electron chi connectivity index (χ2n) is 5.07. The zero-order valence-electron chi connectivity index (χ0n) is 12.1. The van der Waals surface area contributed by atoms with Crippen LogP contribution in [-0.4, -0.2) is 37.0 Å². The number of methoxy groups -OCH3 is 1. The predicted molar refractivity (Wildman–Crippen MR) is 80.3 cm³/mol. The van der Waals surface area contributed by atoms with Gasteiger partial charge >= 0.3 is 5.97 Å². The summed E-state index contributed by atoms with van der Waals surface area (Å²) in [5.74, 6) is -1.07. The highest BCUT2D eigenvalue weighted by Gasteiger charge is 2.30. The van der Waals surface area contributed by atoms with E-state index in [9.17, 15) is 14.4 Å². The molecular formula is C15H17ClN2O4. The highest BCUT2D eigenvalue weighted by Crippen LogP contribution is 2.12. The molecule has 2 amide bonds. The molecule has 0 aliphatic carbocycles. The van der Waals surface area contributed by atoms with Crippen LogP contribution in [0.1, 0.15) is 18.4 Å². The minimum absolute atomic E-state index is 0.160. The maximum absolute atomic E-state index is 12.1. The van der Waals surface area contributed by atoms with E-state index >= 15 is 0 Å². The van der Waals surface area contributed by atoms with E-state index in [1.165, 1.54) is 7.11 Å². The number of hydrogen-bond acceptors (Lipinski definition) is 4. The van der Waals surface area contributed by atoms with Crippen LogP contribution in [0.5, 0.6) is 0 Å². The smallest absolute Gasteiger partial charge is 0.328 e. The molecule has 1 aliphatic rings. The van der Waals surface area contributed by atoms with Crippen molar-refractivity contribution in [1.82, 2.24) is 10.6 Å². The molecule has 22 heavy (non-hydrogen) atoms. The first-order valence-corrected chi connectivity index (χ1v) is 7.29. The maximum atomic E-state index is 12.1. The van der Waals surface area contributed by atoms with Crippen molar-refractivity contribution >= 4 is 29.4 Å². The van der Waals surface area contributed by atoms with Crippen molar-refractivity contribution in [2.24, 2.45) is 0 Å². The van der Waals surface area contributed by atoms with Gasteiger partial charge in [0.05, 0.1) is 7.11 Å². The lowest BCUT2D eigenvalue weighted by molar-refractivity contribution is -0.145. The average Bonchev–Trinajstić information content (AvgIpc) is 2.94. The lowest BCUT2D eigenvalue weighted by Crippen LogP contribution is -2.49. The third kappa shape index (κ3) is 4.21. The summed E-state index contributed by atoms with van der Waals surface area (Å²) in [5.41, 5.74) is 0.843. The summed E-state index contributed by atoms with van der Waals surface area (Å²) in [4.78, 5) is 35.1. The van der Waals surface area contributed by atoms with E-state index in [1.54, 1.807) is 24.3 Å². The Hall–Kier alpha value is -2.08. The Balaban J connectivity index is 2.02. The Bertz CT molecular complexity index is 573. The molecule has 2 N–H and O–H groups in total. The van der Waals surface area contributed by atoms with Crippen molar-refractivity contribution in [1.29, 1.82) is 0 Å². The molecule has 1 aromatic rings. The van der Waals surface area contributed by atoms with Crippen molar-refractivity contribution in [3.05, 3.63) is 34.9 Å². The molecule has 1 saturated heterocycles. The van der Waals surface area contributed by atoms with Crippen LogP contribution in [0.4, 0.5) is 0 Å². The highest BCUT2D eigenvalue weighted by molar-refractivity contribution is 6.30. The summed E-state index contributed by atoms with van der Waals surface area (Å²) in [6, 6.07) is 5.58. The van der Waals surface area contributed by atoms with Gasteiger partial charge in [0.15, 0.2) is 0 Å². The van der Waals surface area contributed by atoms with Gasteiger partial charge in [-0.25, -0.2) is 4.79 Å². The highest BCUT2D eigenvalue weighted by atomic mass is 35.5. The summed E-state index contributed by atoms with van der Waals surface area (Å²) < 4.78 is 4.73. The van der Waals surface area contributed by atoms with Gasteiger partial charge in [-0.15, -0.1) is 0 Å². The van der Waals surface area contributed by atoms with Crippen molar-refractivity contribution in [3.8, 4) is 0 Å². The van der Waals surface area contributed by atoms with Gasteiger partial charge in [-0.3, -0.25) is 9.59 Å². The lowest BCUT2D eigenvalue weighted by atomic mass is 10.1. The zero-order valence-corrected chi connectivity index (χ0v) is 12.9. The number of nitrogens with one attached hydrogen (secondary N) is 2. The van der Waals surface area contributed by atoms with Gasteiger partial charge in [-0.05, 0) is 24.1 Å². The van der Waals surface area contributed by atoms with Gasteiger partial charge in [-0.2, -0.15) is 0 Å². The number of benzene rings is 1. The summed E-state index contributed by atoms with van der Waals surface area (Å²) in [6.45, 7) is 0. The van der Waals surface area contributed by atoms with Crippen LogP contribution in [-0.2, 0) is 25.5 Å². The van der Waals surface area contributed by atoms with Crippen LogP contribution in [0.15, 0.2) is 24.3 Å². The summed E-state index contributed by atoms with van der Waals surface area (Å²) in [6.07, 6.45) is 1.04. The van der Waals surface area contributed by atoms with Gasteiger partial charge in [0.2, 0.25) is 11.8 Å². The monoisotopic (exact) mass is 324 g/mol. The molecule has 0 aromatic heterocycles. The standard InChI is InChI=1S/C15H17ClN2O4/c1-22-15(21)12(8-9-2-4-10(16)5-3-9)18-14(20)11-6-7-13(19)17-11/h2-5,11-12H,6-8H2,1H3,(H,17,19)(H,18,20)/t11-,12+/m1/s1. The number of halogens is 1. The van der Waals surface area contributed by atoms with Gasteiger partial charge < -0.3 is 15.4 Å². The molecule has 1 aliphatic heterocycles. The minimum Gasteiger partial charge on any atom is -0.467 e. The van der Waals surface area contributed by atoms with Crippen LogP contribution in [0, 0.1) is 0 Å². The number of carbonyl (C=O) groups is 3. The Morgan fingerprint density at radius 1 is 1.41 bits per heavy atom. The Morgan fingerprint density at radius 2 is 2.09 bits per heavy atom. The third-order valence-corrected chi connectivity index (χ3v) is 3.72. The van der Waals surface area contributed by atoms with E-state index < -0.39 is 18.1 Å². The Labute approximate surface area is 133 Å². The van der Waals surface area contributed by atoms with Crippen molar-refractivity contribution in [2.45, 2.75) is 31.3 Å². The number of ether oxygens (including phenoxy) is 1. The van der Waals surface area contributed by atoms with Gasteiger partial charge in [-0.1, -0.05) is 23.7 Å². The normalized spacial score (nSPS) is 18.5. The van der Waals surface area contributed by atoms with Gasteiger partial charge in [0.1, 0.15) is 12.1 Å². The van der Waals surface area contributed by atoms with Crippen molar-refractivity contribution < 1.29 is 19.1 Å². The number of esters is 1. The fourth-order valence-electron chi connectivity index (χ4n) is 2.27. The Morgan fingerprint density at radius 3 is 2.64 bits per heavy atom. The zero-order chi connectivity index (χ0) is 16.1. The molecule has 0 saturated carbocycles. The molecule has 1 heterocycles. The van der Waals surface area contributed by atoms with Crippen LogP contribution in [0.25, 0.3) is 0 Å². The largest absolute Gasteiger partial charge is 0.467 e. The molecule has 0 radical (unpaired) electrons. The molecule has 118 valence electrons. The van der Waals surface area contributed by atoms with Gasteiger partial charge in [0, 0.05) is 17.9 Å². The van der Waals surface area contributed by atoms with Crippen LogP contribution in [0.2, 0.25) is 5.02 Å². The number of amides is 2. The first-order valence-electron chi connectivity index (χ1n) is 6.91. The van der Waals surface area contributed by atoms with E-state index in [4.69, 9.17) is 16.3 Å². The molecule has 7 heteroatoms. The molecule has 0 unspecified atom stereocenters. The summed E-state index contributed by atoms with van der Waals surface area (Å²) >= 11 is 5.82.